The van der Waals surface area contributed by atoms with E-state index in [-0.39, 0.29) is 16.2 Å². The van der Waals surface area contributed by atoms with Gasteiger partial charge in [-0.25, -0.2) is 8.42 Å². The van der Waals surface area contributed by atoms with Gasteiger partial charge < -0.3 is 5.32 Å². The van der Waals surface area contributed by atoms with Gasteiger partial charge in [0.1, 0.15) is 0 Å². The highest BCUT2D eigenvalue weighted by Gasteiger charge is 2.31. The lowest BCUT2D eigenvalue weighted by atomic mass is 9.87. The van der Waals surface area contributed by atoms with Crippen molar-refractivity contribution in [2.75, 3.05) is 18.4 Å². The summed E-state index contributed by atoms with van der Waals surface area (Å²) < 4.78 is 27.5. The standard InChI is InChI=1S/C24H32N2O3S/c1-17-14-18(2)16-26(15-17)30(28,29)22-12-6-19(7-13-22)23(27)25-21-10-8-20(9-11-21)24(3,4)5/h6-13,17-18H,14-16H2,1-5H3,(H,25,27)/t17-,18-/m1/s1. The quantitative estimate of drug-likeness (QED) is 0.753. The Morgan fingerprint density at radius 2 is 1.47 bits per heavy atom. The molecule has 30 heavy (non-hydrogen) atoms. The van der Waals surface area contributed by atoms with Gasteiger partial charge in [-0.2, -0.15) is 4.31 Å². The molecule has 0 saturated carbocycles. The van der Waals surface area contributed by atoms with E-state index in [0.29, 0.717) is 36.2 Å². The van der Waals surface area contributed by atoms with Crippen LogP contribution in [0.5, 0.6) is 0 Å². The summed E-state index contributed by atoms with van der Waals surface area (Å²) in [6.07, 6.45) is 1.04. The van der Waals surface area contributed by atoms with Gasteiger partial charge >= 0.3 is 0 Å². The van der Waals surface area contributed by atoms with Crippen LogP contribution in [0.25, 0.3) is 0 Å². The molecule has 162 valence electrons. The Balaban J connectivity index is 1.71. The fourth-order valence-corrected chi connectivity index (χ4v) is 5.67. The van der Waals surface area contributed by atoms with Crippen LogP contribution in [-0.2, 0) is 15.4 Å². The van der Waals surface area contributed by atoms with Gasteiger partial charge in [0.2, 0.25) is 10.0 Å². The molecule has 1 amide bonds. The van der Waals surface area contributed by atoms with Gasteiger partial charge in [-0.3, -0.25) is 4.79 Å². The lowest BCUT2D eigenvalue weighted by molar-refractivity contribution is 0.102. The number of amides is 1. The molecule has 6 heteroatoms. The van der Waals surface area contributed by atoms with Gasteiger partial charge in [0.15, 0.2) is 0 Å². The zero-order chi connectivity index (χ0) is 22.1. The average Bonchev–Trinajstić information content (AvgIpc) is 2.67. The molecule has 2 aromatic carbocycles. The molecule has 0 aromatic heterocycles. The van der Waals surface area contributed by atoms with E-state index in [2.05, 4.69) is 39.9 Å². The molecule has 1 aliphatic heterocycles. The minimum absolute atomic E-state index is 0.0494. The summed E-state index contributed by atoms with van der Waals surface area (Å²) in [5, 5.41) is 2.87. The van der Waals surface area contributed by atoms with E-state index in [1.807, 2.05) is 24.3 Å². The topological polar surface area (TPSA) is 66.5 Å². The Bertz CT molecular complexity index is 980. The molecule has 5 nitrogen and oxygen atoms in total. The van der Waals surface area contributed by atoms with Crippen LogP contribution in [0.15, 0.2) is 53.4 Å². The number of sulfonamides is 1. The predicted octanol–water partition coefficient (Wildman–Crippen LogP) is 4.90. The molecule has 1 aliphatic rings. The first kappa shape index (κ1) is 22.5. The van der Waals surface area contributed by atoms with Gasteiger partial charge in [0, 0.05) is 24.3 Å². The lowest BCUT2D eigenvalue weighted by Crippen LogP contribution is -2.42. The maximum atomic E-state index is 13.0. The summed E-state index contributed by atoms with van der Waals surface area (Å²) in [5.41, 5.74) is 2.37. The van der Waals surface area contributed by atoms with E-state index in [1.54, 1.807) is 16.4 Å². The van der Waals surface area contributed by atoms with Crippen molar-refractivity contribution in [1.29, 1.82) is 0 Å². The highest BCUT2D eigenvalue weighted by molar-refractivity contribution is 7.89. The molecular formula is C24H32N2O3S. The molecular weight excluding hydrogens is 396 g/mol. The summed E-state index contributed by atoms with van der Waals surface area (Å²) >= 11 is 0. The third kappa shape index (κ3) is 5.10. The molecule has 1 N–H and O–H groups in total. The Kier molecular flexibility index (Phi) is 6.39. The lowest BCUT2D eigenvalue weighted by Gasteiger charge is -2.34. The van der Waals surface area contributed by atoms with E-state index >= 15 is 0 Å². The van der Waals surface area contributed by atoms with E-state index in [1.165, 1.54) is 17.7 Å². The van der Waals surface area contributed by atoms with Gasteiger partial charge in [-0.1, -0.05) is 46.8 Å². The van der Waals surface area contributed by atoms with E-state index in [4.69, 9.17) is 0 Å². The van der Waals surface area contributed by atoms with Crippen LogP contribution in [0.3, 0.4) is 0 Å². The van der Waals surface area contributed by atoms with Gasteiger partial charge in [-0.05, 0) is 65.6 Å². The summed E-state index contributed by atoms with van der Waals surface area (Å²) in [6.45, 7) is 11.7. The van der Waals surface area contributed by atoms with Crippen molar-refractivity contribution in [1.82, 2.24) is 4.31 Å². The largest absolute Gasteiger partial charge is 0.322 e. The van der Waals surface area contributed by atoms with Crippen molar-refractivity contribution < 1.29 is 13.2 Å². The number of hydrogen-bond acceptors (Lipinski definition) is 3. The van der Waals surface area contributed by atoms with Crippen molar-refractivity contribution in [3.8, 4) is 0 Å². The Morgan fingerprint density at radius 3 is 1.97 bits per heavy atom. The van der Waals surface area contributed by atoms with E-state index in [9.17, 15) is 13.2 Å². The maximum absolute atomic E-state index is 13.0. The number of carbonyl (C=O) groups excluding carboxylic acids is 1. The summed E-state index contributed by atoms with van der Waals surface area (Å²) in [7, 11) is -3.55. The van der Waals surface area contributed by atoms with E-state index in [0.717, 1.165) is 6.42 Å². The number of nitrogens with zero attached hydrogens (tertiary/aromatic N) is 1. The molecule has 0 aliphatic carbocycles. The summed E-state index contributed by atoms with van der Waals surface area (Å²) in [4.78, 5) is 12.8. The molecule has 0 bridgehead atoms. The van der Waals surface area contributed by atoms with Gasteiger partial charge in [-0.15, -0.1) is 0 Å². The molecule has 0 spiro atoms. The van der Waals surface area contributed by atoms with Crippen LogP contribution < -0.4 is 5.32 Å². The number of piperidine rings is 1. The van der Waals surface area contributed by atoms with Crippen molar-refractivity contribution in [2.24, 2.45) is 11.8 Å². The van der Waals surface area contributed by atoms with Crippen LogP contribution in [-0.4, -0.2) is 31.7 Å². The Labute approximate surface area is 180 Å². The highest BCUT2D eigenvalue weighted by Crippen LogP contribution is 2.27. The normalized spacial score (nSPS) is 20.7. The zero-order valence-corrected chi connectivity index (χ0v) is 19.3. The molecule has 1 heterocycles. The Morgan fingerprint density at radius 1 is 0.933 bits per heavy atom. The first-order chi connectivity index (χ1) is 14.0. The van der Waals surface area contributed by atoms with Crippen LogP contribution in [0.4, 0.5) is 5.69 Å². The molecule has 3 rings (SSSR count). The van der Waals surface area contributed by atoms with Gasteiger partial charge in [0.05, 0.1) is 4.90 Å². The second-order valence-corrected chi connectivity index (χ2v) is 11.5. The van der Waals surface area contributed by atoms with Crippen molar-refractivity contribution in [3.05, 3.63) is 59.7 Å². The monoisotopic (exact) mass is 428 g/mol. The van der Waals surface area contributed by atoms with Crippen LogP contribution >= 0.6 is 0 Å². The van der Waals surface area contributed by atoms with E-state index < -0.39 is 10.0 Å². The third-order valence-corrected chi connectivity index (χ3v) is 7.44. The first-order valence-corrected chi connectivity index (χ1v) is 11.9. The molecule has 1 fully saturated rings. The van der Waals surface area contributed by atoms with Crippen molar-refractivity contribution in [3.63, 3.8) is 0 Å². The van der Waals surface area contributed by atoms with Crippen molar-refractivity contribution in [2.45, 2.75) is 51.3 Å². The zero-order valence-electron chi connectivity index (χ0n) is 18.5. The van der Waals surface area contributed by atoms with Crippen LogP contribution in [0.2, 0.25) is 0 Å². The molecule has 1 saturated heterocycles. The second kappa shape index (κ2) is 8.52. The first-order valence-electron chi connectivity index (χ1n) is 10.5. The molecule has 0 radical (unpaired) electrons. The SMILES string of the molecule is C[C@@H]1C[C@@H](C)CN(S(=O)(=O)c2ccc(C(=O)Nc3ccc(C(C)(C)C)cc3)cc2)C1. The summed E-state index contributed by atoms with van der Waals surface area (Å²) in [5.74, 6) is 0.430. The van der Waals surface area contributed by atoms with Crippen molar-refractivity contribution >= 4 is 21.6 Å². The fraction of sp³-hybridized carbons (Fsp3) is 0.458. The van der Waals surface area contributed by atoms with Crippen LogP contribution in [0, 0.1) is 11.8 Å². The van der Waals surface area contributed by atoms with Gasteiger partial charge in [0.25, 0.3) is 5.91 Å². The minimum atomic E-state index is -3.55. The number of nitrogens with one attached hydrogen (secondary N) is 1. The third-order valence-electron chi connectivity index (χ3n) is 5.60. The minimum Gasteiger partial charge on any atom is -0.322 e. The number of hydrogen-bond donors (Lipinski definition) is 1. The number of carbonyl (C=O) groups is 1. The second-order valence-electron chi connectivity index (χ2n) is 9.57. The fourth-order valence-electron chi connectivity index (χ4n) is 3.99. The number of anilines is 1. The number of rotatable bonds is 4. The average molecular weight is 429 g/mol. The smallest absolute Gasteiger partial charge is 0.255 e. The maximum Gasteiger partial charge on any atom is 0.255 e. The van der Waals surface area contributed by atoms with Crippen LogP contribution in [0.1, 0.15) is 57.0 Å². The Hall–Kier alpha value is -2.18. The molecule has 2 aromatic rings. The number of benzene rings is 2. The predicted molar refractivity (Wildman–Crippen MR) is 121 cm³/mol. The molecule has 2 atom stereocenters. The summed E-state index contributed by atoms with van der Waals surface area (Å²) in [6, 6.07) is 14.0. The molecule has 0 unspecified atom stereocenters. The highest BCUT2D eigenvalue weighted by atomic mass is 32.2.